The second-order valence-electron chi connectivity index (χ2n) is 7.09. The normalized spacial score (nSPS) is 27.1. The molecule has 1 aromatic rings. The lowest BCUT2D eigenvalue weighted by atomic mass is 9.85. The van der Waals surface area contributed by atoms with E-state index >= 15 is 0 Å². The monoisotopic (exact) mass is 418 g/mol. The first-order valence-corrected chi connectivity index (χ1v) is 9.15. The van der Waals surface area contributed by atoms with E-state index in [0.29, 0.717) is 0 Å². The van der Waals surface area contributed by atoms with E-state index in [9.17, 15) is 24.5 Å². The Morgan fingerprint density at radius 3 is 2.48 bits per heavy atom. The van der Waals surface area contributed by atoms with Crippen LogP contribution in [-0.4, -0.2) is 40.5 Å². The Morgan fingerprint density at radius 2 is 1.93 bits per heavy atom. The lowest BCUT2D eigenvalue weighted by molar-refractivity contribution is -0.385. The second kappa shape index (κ2) is 6.96. The number of amides is 3. The summed E-state index contributed by atoms with van der Waals surface area (Å²) in [4.78, 5) is 47.0. The molecule has 0 aromatic heterocycles. The number of carbonyl (C=O) groups is 3. The van der Waals surface area contributed by atoms with Gasteiger partial charge in [0.25, 0.3) is 17.7 Å². The number of hydrazone groups is 1. The van der Waals surface area contributed by atoms with Crippen LogP contribution in [0.15, 0.2) is 29.4 Å². The summed E-state index contributed by atoms with van der Waals surface area (Å²) >= 11 is 5.94. The van der Waals surface area contributed by atoms with E-state index in [-0.39, 0.29) is 28.2 Å². The molecule has 2 fully saturated rings. The molecule has 2 N–H and O–H groups in total. The van der Waals surface area contributed by atoms with E-state index in [1.165, 1.54) is 6.07 Å². The van der Waals surface area contributed by atoms with Crippen molar-refractivity contribution in [1.29, 1.82) is 0 Å². The van der Waals surface area contributed by atoms with Crippen molar-refractivity contribution in [2.45, 2.75) is 6.42 Å². The van der Waals surface area contributed by atoms with E-state index in [1.807, 2.05) is 12.2 Å². The van der Waals surface area contributed by atoms with E-state index in [0.717, 1.165) is 23.7 Å². The van der Waals surface area contributed by atoms with Crippen molar-refractivity contribution < 1.29 is 24.0 Å². The number of hydrogen-bond acceptors (Lipinski definition) is 7. The van der Waals surface area contributed by atoms with Crippen molar-refractivity contribution in [3.8, 4) is 5.75 Å². The van der Waals surface area contributed by atoms with E-state index < -0.39 is 46.8 Å². The number of carbonyl (C=O) groups excluding carboxylic acids is 3. The Balaban J connectivity index is 1.66. The SMILES string of the molecule is NC(=O)COc1c(C=NN2C(=O)C3C4C=CC(C4)C3C2=O)cc(Cl)cc1[N+](=O)[O-]. The van der Waals surface area contributed by atoms with Crippen LogP contribution in [-0.2, 0) is 14.4 Å². The van der Waals surface area contributed by atoms with Gasteiger partial charge in [-0.05, 0) is 24.3 Å². The Labute approximate surface area is 169 Å². The van der Waals surface area contributed by atoms with Crippen LogP contribution in [0.2, 0.25) is 5.02 Å². The number of nitro groups is 1. The van der Waals surface area contributed by atoms with Crippen molar-refractivity contribution >= 4 is 41.2 Å². The number of halogens is 1. The predicted molar refractivity (Wildman–Crippen MR) is 100.0 cm³/mol. The van der Waals surface area contributed by atoms with E-state index in [4.69, 9.17) is 22.1 Å². The molecule has 0 radical (unpaired) electrons. The summed E-state index contributed by atoms with van der Waals surface area (Å²) in [5.74, 6) is -2.70. The number of fused-ring (bicyclic) bond motifs is 5. The van der Waals surface area contributed by atoms with Crippen LogP contribution in [0.25, 0.3) is 0 Å². The third kappa shape index (κ3) is 3.15. The molecule has 4 unspecified atom stereocenters. The Bertz CT molecular complexity index is 976. The highest BCUT2D eigenvalue weighted by molar-refractivity contribution is 6.31. The fourth-order valence-corrected chi connectivity index (χ4v) is 4.47. The number of imide groups is 1. The highest BCUT2D eigenvalue weighted by atomic mass is 35.5. The summed E-state index contributed by atoms with van der Waals surface area (Å²) in [6, 6.07) is 2.36. The molecule has 29 heavy (non-hydrogen) atoms. The van der Waals surface area contributed by atoms with Crippen molar-refractivity contribution in [2.75, 3.05) is 6.61 Å². The zero-order valence-electron chi connectivity index (χ0n) is 14.9. The highest BCUT2D eigenvalue weighted by Gasteiger charge is 2.59. The summed E-state index contributed by atoms with van der Waals surface area (Å²) in [5, 5.41) is 16.1. The molecule has 11 heteroatoms. The topological polar surface area (TPSA) is 145 Å². The lowest BCUT2D eigenvalue weighted by Crippen LogP contribution is -2.28. The van der Waals surface area contributed by atoms with Crippen LogP contribution in [0.1, 0.15) is 12.0 Å². The van der Waals surface area contributed by atoms with Gasteiger partial charge in [-0.2, -0.15) is 10.1 Å². The van der Waals surface area contributed by atoms with Crippen LogP contribution in [0.4, 0.5) is 5.69 Å². The molecular formula is C18H15ClN4O6. The molecule has 2 bridgehead atoms. The number of primary amides is 1. The third-order valence-electron chi connectivity index (χ3n) is 5.38. The summed E-state index contributed by atoms with van der Waals surface area (Å²) in [7, 11) is 0. The van der Waals surface area contributed by atoms with Crippen LogP contribution >= 0.6 is 11.6 Å². The zero-order chi connectivity index (χ0) is 20.9. The molecular weight excluding hydrogens is 404 g/mol. The molecule has 150 valence electrons. The number of rotatable bonds is 6. The smallest absolute Gasteiger partial charge is 0.313 e. The Morgan fingerprint density at radius 1 is 1.31 bits per heavy atom. The van der Waals surface area contributed by atoms with Gasteiger partial charge in [0.2, 0.25) is 5.75 Å². The summed E-state index contributed by atoms with van der Waals surface area (Å²) in [6.07, 6.45) is 5.79. The fourth-order valence-electron chi connectivity index (χ4n) is 4.25. The van der Waals surface area contributed by atoms with Gasteiger partial charge in [0.1, 0.15) is 0 Å². The molecule has 4 rings (SSSR count). The van der Waals surface area contributed by atoms with Gasteiger partial charge in [0.05, 0.1) is 23.0 Å². The maximum absolute atomic E-state index is 12.7. The average molecular weight is 419 g/mol. The standard InChI is InChI=1S/C18H15ClN4O6/c19-11-4-10(16(29-7-13(20)24)12(5-11)23(27)28)6-21-22-17(25)14-8-1-2-9(3-8)15(14)18(22)26/h1-2,4-6,8-9,14-15H,3,7H2,(H2,20,24). The summed E-state index contributed by atoms with van der Waals surface area (Å²) < 4.78 is 5.17. The van der Waals surface area contributed by atoms with Crippen molar-refractivity contribution in [2.24, 2.45) is 34.5 Å². The van der Waals surface area contributed by atoms with E-state index in [2.05, 4.69) is 5.10 Å². The van der Waals surface area contributed by atoms with E-state index in [1.54, 1.807) is 0 Å². The summed E-state index contributed by atoms with van der Waals surface area (Å²) in [6.45, 7) is -0.607. The molecule has 4 atom stereocenters. The Hall–Kier alpha value is -3.27. The fraction of sp³-hybridized carbons (Fsp3) is 0.333. The van der Waals surface area contributed by atoms with Gasteiger partial charge in [0.15, 0.2) is 6.61 Å². The van der Waals surface area contributed by atoms with Crippen LogP contribution < -0.4 is 10.5 Å². The molecule has 1 aromatic carbocycles. The lowest BCUT2D eigenvalue weighted by Gasteiger charge is -2.13. The first-order valence-electron chi connectivity index (χ1n) is 8.77. The van der Waals surface area contributed by atoms with Crippen molar-refractivity contribution in [3.05, 3.63) is 45.0 Å². The summed E-state index contributed by atoms with van der Waals surface area (Å²) in [5.41, 5.74) is 4.57. The van der Waals surface area contributed by atoms with Gasteiger partial charge in [-0.15, -0.1) is 0 Å². The van der Waals surface area contributed by atoms with Gasteiger partial charge in [-0.1, -0.05) is 23.8 Å². The minimum atomic E-state index is -0.835. The first kappa shape index (κ1) is 19.1. The van der Waals surface area contributed by atoms with Gasteiger partial charge in [-0.25, -0.2) is 0 Å². The van der Waals surface area contributed by atoms with Crippen molar-refractivity contribution in [3.63, 3.8) is 0 Å². The van der Waals surface area contributed by atoms with Gasteiger partial charge >= 0.3 is 5.69 Å². The third-order valence-corrected chi connectivity index (χ3v) is 5.60. The number of allylic oxidation sites excluding steroid dienone is 2. The minimum absolute atomic E-state index is 0.0164. The molecule has 2 aliphatic carbocycles. The Kier molecular flexibility index (Phi) is 4.58. The van der Waals surface area contributed by atoms with Gasteiger partial charge in [0, 0.05) is 16.7 Å². The second-order valence-corrected chi connectivity index (χ2v) is 7.52. The van der Waals surface area contributed by atoms with Crippen LogP contribution in [0, 0.1) is 33.8 Å². The minimum Gasteiger partial charge on any atom is -0.476 e. The molecule has 10 nitrogen and oxygen atoms in total. The number of nitrogens with zero attached hydrogens (tertiary/aromatic N) is 3. The number of nitro benzene ring substituents is 1. The first-order chi connectivity index (χ1) is 13.8. The molecule has 1 heterocycles. The van der Waals surface area contributed by atoms with Crippen LogP contribution in [0.5, 0.6) is 5.75 Å². The number of ether oxygens (including phenoxy) is 1. The quantitative estimate of drug-likeness (QED) is 0.242. The van der Waals surface area contributed by atoms with Crippen molar-refractivity contribution in [1.82, 2.24) is 5.01 Å². The molecule has 0 spiro atoms. The zero-order valence-corrected chi connectivity index (χ0v) is 15.6. The molecule has 1 aliphatic heterocycles. The van der Waals surface area contributed by atoms with Gasteiger partial charge in [-0.3, -0.25) is 24.5 Å². The highest BCUT2D eigenvalue weighted by Crippen LogP contribution is 2.52. The molecule has 1 saturated carbocycles. The van der Waals surface area contributed by atoms with Gasteiger partial charge < -0.3 is 10.5 Å². The number of nitrogens with two attached hydrogens (primary N) is 1. The van der Waals surface area contributed by atoms with Crippen LogP contribution in [0.3, 0.4) is 0 Å². The maximum atomic E-state index is 12.7. The molecule has 1 saturated heterocycles. The predicted octanol–water partition coefficient (Wildman–Crippen LogP) is 1.25. The maximum Gasteiger partial charge on any atom is 0.313 e. The molecule has 3 aliphatic rings. The number of hydrogen-bond donors (Lipinski definition) is 1. The number of benzene rings is 1. The average Bonchev–Trinajstić information content (AvgIpc) is 3.33. The molecule has 3 amide bonds. The largest absolute Gasteiger partial charge is 0.476 e.